The standard InChI is InChI=1S/C26H30N8O6S/c27-17(25(39)40)4-6-20(35)33-19(24(38)30-10-21(36)37)11-41-26(28)34-18-5-3-13-1-2-14(9-16(13)18)22-15-7-8-29-23(15)32-12-31-22/h1-2,7-9,12,17-19H,3-6,10-11,27H2,(H2,28,34)(H,30,38)(H,33,35)(H,36,37)(H,39,40)(H,29,31,32)/t17-,18-,19-/m0/s1. The first-order chi connectivity index (χ1) is 19.6. The van der Waals surface area contributed by atoms with Crippen LogP contribution in [0.2, 0.25) is 0 Å². The summed E-state index contributed by atoms with van der Waals surface area (Å²) < 4.78 is 0. The molecule has 0 fully saturated rings. The lowest BCUT2D eigenvalue weighted by Crippen LogP contribution is -2.49. The Balaban J connectivity index is 1.44. The number of hydrogen-bond donors (Lipinski definition) is 7. The van der Waals surface area contributed by atoms with Crippen molar-refractivity contribution in [3.05, 3.63) is 47.9 Å². The van der Waals surface area contributed by atoms with Crippen molar-refractivity contribution in [2.24, 2.45) is 16.5 Å². The largest absolute Gasteiger partial charge is 0.480 e. The molecule has 0 saturated carbocycles. The van der Waals surface area contributed by atoms with Crippen LogP contribution in [0.15, 0.2) is 41.8 Å². The smallest absolute Gasteiger partial charge is 0.322 e. The molecule has 3 atom stereocenters. The molecule has 1 aliphatic rings. The second kappa shape index (κ2) is 13.2. The first-order valence-corrected chi connectivity index (χ1v) is 13.8. The van der Waals surface area contributed by atoms with Gasteiger partial charge in [0, 0.05) is 29.3 Å². The SMILES string of the molecule is NC(=N[C@H]1CCc2ccc(-c3ncnc4[nH]ccc34)cc21)SC[C@H](NC(=O)CC[C@H](N)C(=O)O)C(=O)NCC(=O)O. The monoisotopic (exact) mass is 582 g/mol. The van der Waals surface area contributed by atoms with Gasteiger partial charge in [0.1, 0.15) is 30.6 Å². The number of hydrogen-bond acceptors (Lipinski definition) is 9. The summed E-state index contributed by atoms with van der Waals surface area (Å²) in [6.45, 7) is -0.633. The number of nitrogens with zero attached hydrogens (tertiary/aromatic N) is 3. The van der Waals surface area contributed by atoms with Gasteiger partial charge in [-0.3, -0.25) is 24.2 Å². The molecule has 2 heterocycles. The minimum Gasteiger partial charge on any atom is -0.480 e. The molecule has 2 aromatic heterocycles. The van der Waals surface area contributed by atoms with Crippen molar-refractivity contribution in [1.29, 1.82) is 0 Å². The summed E-state index contributed by atoms with van der Waals surface area (Å²) in [7, 11) is 0. The fraction of sp³-hybridized carbons (Fsp3) is 0.346. The number of rotatable bonds is 12. The number of carboxylic acid groups (broad SMARTS) is 2. The highest BCUT2D eigenvalue weighted by Gasteiger charge is 2.26. The lowest BCUT2D eigenvalue weighted by molar-refractivity contribution is -0.139. The topological polar surface area (TPSA) is 239 Å². The van der Waals surface area contributed by atoms with E-state index in [0.29, 0.717) is 0 Å². The Morgan fingerprint density at radius 1 is 1.20 bits per heavy atom. The Morgan fingerprint density at radius 3 is 2.76 bits per heavy atom. The number of carbonyl (C=O) groups is 4. The fourth-order valence-electron chi connectivity index (χ4n) is 4.47. The van der Waals surface area contributed by atoms with Crippen LogP contribution in [0, 0.1) is 0 Å². The average Bonchev–Trinajstić information content (AvgIpc) is 3.59. The minimum absolute atomic E-state index is 0.0243. The van der Waals surface area contributed by atoms with Crippen molar-refractivity contribution in [2.45, 2.75) is 43.8 Å². The summed E-state index contributed by atoms with van der Waals surface area (Å²) in [6.07, 6.45) is 4.52. The van der Waals surface area contributed by atoms with Crippen LogP contribution in [0.25, 0.3) is 22.3 Å². The molecule has 0 saturated heterocycles. The van der Waals surface area contributed by atoms with Gasteiger partial charge in [0.25, 0.3) is 0 Å². The lowest BCUT2D eigenvalue weighted by atomic mass is 10.0. The number of thioether (sulfide) groups is 1. The van der Waals surface area contributed by atoms with Crippen LogP contribution in [0.4, 0.5) is 0 Å². The van der Waals surface area contributed by atoms with E-state index >= 15 is 0 Å². The minimum atomic E-state index is -1.25. The molecular weight excluding hydrogens is 552 g/mol. The number of carboxylic acids is 2. The van der Waals surface area contributed by atoms with Gasteiger partial charge in [-0.15, -0.1) is 0 Å². The van der Waals surface area contributed by atoms with Crippen LogP contribution in [-0.4, -0.2) is 78.5 Å². The molecule has 1 aromatic carbocycles. The summed E-state index contributed by atoms with van der Waals surface area (Å²) in [5, 5.41) is 23.6. The van der Waals surface area contributed by atoms with E-state index in [1.807, 2.05) is 24.4 Å². The van der Waals surface area contributed by atoms with Gasteiger partial charge in [0.05, 0.1) is 11.7 Å². The maximum atomic E-state index is 12.6. The summed E-state index contributed by atoms with van der Waals surface area (Å²) in [6, 6.07) is 5.47. The molecule has 15 heteroatoms. The number of aliphatic carboxylic acids is 2. The number of aromatic nitrogens is 3. The van der Waals surface area contributed by atoms with Crippen molar-refractivity contribution in [1.82, 2.24) is 25.6 Å². The van der Waals surface area contributed by atoms with Crippen LogP contribution < -0.4 is 22.1 Å². The molecule has 0 bridgehead atoms. The summed E-state index contributed by atoms with van der Waals surface area (Å²) in [5.74, 6) is -3.84. The molecule has 2 amide bonds. The third kappa shape index (κ3) is 7.58. The van der Waals surface area contributed by atoms with Gasteiger partial charge in [-0.2, -0.15) is 0 Å². The number of aliphatic imine (C=N–C) groups is 1. The number of aromatic amines is 1. The lowest BCUT2D eigenvalue weighted by Gasteiger charge is -2.18. The Hall–Kier alpha value is -4.50. The van der Waals surface area contributed by atoms with Gasteiger partial charge < -0.3 is 37.3 Å². The van der Waals surface area contributed by atoms with Crippen molar-refractivity contribution < 1.29 is 29.4 Å². The van der Waals surface area contributed by atoms with E-state index in [4.69, 9.17) is 21.7 Å². The van der Waals surface area contributed by atoms with E-state index < -0.39 is 42.4 Å². The molecule has 3 aromatic rings. The predicted molar refractivity (Wildman–Crippen MR) is 152 cm³/mol. The highest BCUT2D eigenvalue weighted by atomic mass is 32.2. The normalized spacial score (nSPS) is 16.1. The van der Waals surface area contributed by atoms with Gasteiger partial charge in [-0.1, -0.05) is 23.9 Å². The first kappa shape index (κ1) is 29.5. The average molecular weight is 583 g/mol. The van der Waals surface area contributed by atoms with Gasteiger partial charge in [-0.25, -0.2) is 9.97 Å². The number of H-pyrrole nitrogens is 1. The molecule has 0 unspecified atom stereocenters. The zero-order valence-corrected chi connectivity index (χ0v) is 22.7. The fourth-order valence-corrected chi connectivity index (χ4v) is 5.24. The molecule has 4 rings (SSSR count). The quantitative estimate of drug-likeness (QED) is 0.115. The number of aryl methyl sites for hydroxylation is 1. The van der Waals surface area contributed by atoms with Crippen LogP contribution in [-0.2, 0) is 25.6 Å². The van der Waals surface area contributed by atoms with Crippen molar-refractivity contribution >= 4 is 51.7 Å². The number of benzene rings is 1. The van der Waals surface area contributed by atoms with E-state index in [2.05, 4.69) is 36.6 Å². The van der Waals surface area contributed by atoms with Crippen LogP contribution in [0.1, 0.15) is 36.4 Å². The van der Waals surface area contributed by atoms with E-state index in [-0.39, 0.29) is 29.8 Å². The van der Waals surface area contributed by atoms with E-state index in [1.165, 1.54) is 6.33 Å². The molecule has 14 nitrogen and oxygen atoms in total. The Morgan fingerprint density at radius 2 is 2.00 bits per heavy atom. The third-order valence-corrected chi connectivity index (χ3v) is 7.47. The number of nitrogens with two attached hydrogens (primary N) is 2. The van der Waals surface area contributed by atoms with Gasteiger partial charge in [0.2, 0.25) is 11.8 Å². The van der Waals surface area contributed by atoms with Gasteiger partial charge >= 0.3 is 11.9 Å². The first-order valence-electron chi connectivity index (χ1n) is 12.8. The number of fused-ring (bicyclic) bond motifs is 2. The molecule has 0 spiro atoms. The van der Waals surface area contributed by atoms with Crippen molar-refractivity contribution in [3.63, 3.8) is 0 Å². The zero-order chi connectivity index (χ0) is 29.5. The van der Waals surface area contributed by atoms with Crippen LogP contribution in [0.3, 0.4) is 0 Å². The number of carbonyl (C=O) groups excluding carboxylic acids is 2. The highest BCUT2D eigenvalue weighted by molar-refractivity contribution is 8.13. The van der Waals surface area contributed by atoms with Crippen LogP contribution in [0.5, 0.6) is 0 Å². The Labute approximate surface area is 238 Å². The maximum absolute atomic E-state index is 12.6. The van der Waals surface area contributed by atoms with Crippen molar-refractivity contribution in [2.75, 3.05) is 12.3 Å². The Bertz CT molecular complexity index is 1490. The number of amides is 2. The molecule has 41 heavy (non-hydrogen) atoms. The molecule has 216 valence electrons. The molecular formula is C26H30N8O6S. The third-order valence-electron chi connectivity index (χ3n) is 6.57. The van der Waals surface area contributed by atoms with E-state index in [1.54, 1.807) is 0 Å². The second-order valence-corrected chi connectivity index (χ2v) is 10.5. The van der Waals surface area contributed by atoms with E-state index in [0.717, 1.165) is 58.0 Å². The summed E-state index contributed by atoms with van der Waals surface area (Å²) in [5.41, 5.74) is 16.3. The highest BCUT2D eigenvalue weighted by Crippen LogP contribution is 2.37. The molecule has 0 aliphatic heterocycles. The predicted octanol–water partition coefficient (Wildman–Crippen LogP) is 0.538. The van der Waals surface area contributed by atoms with Crippen LogP contribution >= 0.6 is 11.8 Å². The summed E-state index contributed by atoms with van der Waals surface area (Å²) >= 11 is 1.04. The second-order valence-electron chi connectivity index (χ2n) is 9.42. The Kier molecular flexibility index (Phi) is 9.52. The van der Waals surface area contributed by atoms with Crippen molar-refractivity contribution in [3.8, 4) is 11.3 Å². The molecule has 1 aliphatic carbocycles. The maximum Gasteiger partial charge on any atom is 0.322 e. The number of nitrogens with one attached hydrogen (secondary N) is 3. The molecule has 0 radical (unpaired) electrons. The van der Waals surface area contributed by atoms with Gasteiger partial charge in [-0.05, 0) is 42.5 Å². The molecule has 9 N–H and O–H groups in total. The number of amidine groups is 1. The summed E-state index contributed by atoms with van der Waals surface area (Å²) in [4.78, 5) is 63.2. The van der Waals surface area contributed by atoms with E-state index in [9.17, 15) is 19.2 Å². The van der Waals surface area contributed by atoms with Gasteiger partial charge in [0.15, 0.2) is 5.17 Å². The zero-order valence-electron chi connectivity index (χ0n) is 21.9.